The molecule has 0 radical (unpaired) electrons. The molecular formula is C18H26N2O4. The summed E-state index contributed by atoms with van der Waals surface area (Å²) in [6, 6.07) is 7.33. The van der Waals surface area contributed by atoms with Crippen LogP contribution in [-0.4, -0.2) is 50.1 Å². The molecule has 1 fully saturated rings. The average molecular weight is 334 g/mol. The molecule has 1 unspecified atom stereocenters. The number of methoxy groups -OCH3 is 1. The van der Waals surface area contributed by atoms with Gasteiger partial charge in [0, 0.05) is 25.8 Å². The molecule has 0 spiro atoms. The van der Waals surface area contributed by atoms with Crippen LogP contribution in [0.15, 0.2) is 24.3 Å². The first kappa shape index (κ1) is 18.3. The molecule has 2 rings (SSSR count). The number of hydrogen-bond acceptors (Lipinski definition) is 4. The number of carbonyl (C=O) groups excluding carboxylic acids is 2. The van der Waals surface area contributed by atoms with Crippen LogP contribution in [0.5, 0.6) is 5.75 Å². The summed E-state index contributed by atoms with van der Waals surface area (Å²) in [6.07, 6.45) is 2.84. The fraction of sp³-hybridized carbons (Fsp3) is 0.556. The van der Waals surface area contributed by atoms with E-state index in [-0.39, 0.29) is 31.1 Å². The van der Waals surface area contributed by atoms with Gasteiger partial charge >= 0.3 is 0 Å². The van der Waals surface area contributed by atoms with Crippen molar-refractivity contribution >= 4 is 11.8 Å². The molecule has 1 aliphatic heterocycles. The highest BCUT2D eigenvalue weighted by molar-refractivity contribution is 5.78. The van der Waals surface area contributed by atoms with Crippen molar-refractivity contribution in [3.8, 4) is 5.75 Å². The SMILES string of the molecule is CCC(NC(=O)COC)c1ccccc1OCC(=O)N1CCCC1. The number of amides is 2. The van der Waals surface area contributed by atoms with E-state index in [2.05, 4.69) is 5.32 Å². The van der Waals surface area contributed by atoms with Crippen molar-refractivity contribution in [1.29, 1.82) is 0 Å². The largest absolute Gasteiger partial charge is 0.483 e. The highest BCUT2D eigenvalue weighted by atomic mass is 16.5. The van der Waals surface area contributed by atoms with Crippen LogP contribution >= 0.6 is 0 Å². The normalized spacial score (nSPS) is 15.2. The smallest absolute Gasteiger partial charge is 0.260 e. The summed E-state index contributed by atoms with van der Waals surface area (Å²) in [5, 5.41) is 2.93. The summed E-state index contributed by atoms with van der Waals surface area (Å²) >= 11 is 0. The fourth-order valence-corrected chi connectivity index (χ4v) is 2.86. The van der Waals surface area contributed by atoms with Crippen LogP contribution in [-0.2, 0) is 14.3 Å². The number of benzene rings is 1. The maximum Gasteiger partial charge on any atom is 0.260 e. The third-order valence-corrected chi connectivity index (χ3v) is 4.12. The molecule has 6 nitrogen and oxygen atoms in total. The lowest BCUT2D eigenvalue weighted by Gasteiger charge is -2.21. The predicted octanol–water partition coefficient (Wildman–Crippen LogP) is 1.90. The summed E-state index contributed by atoms with van der Waals surface area (Å²) in [7, 11) is 1.49. The quantitative estimate of drug-likeness (QED) is 0.788. The van der Waals surface area contributed by atoms with Crippen molar-refractivity contribution in [2.45, 2.75) is 32.2 Å². The van der Waals surface area contributed by atoms with Crippen molar-refractivity contribution in [2.24, 2.45) is 0 Å². The van der Waals surface area contributed by atoms with Crippen molar-refractivity contribution in [3.05, 3.63) is 29.8 Å². The highest BCUT2D eigenvalue weighted by Gasteiger charge is 2.20. The third-order valence-electron chi connectivity index (χ3n) is 4.12. The molecule has 24 heavy (non-hydrogen) atoms. The van der Waals surface area contributed by atoms with E-state index in [0.717, 1.165) is 37.9 Å². The molecule has 1 aromatic rings. The Kier molecular flexibility index (Phi) is 7.06. The lowest BCUT2D eigenvalue weighted by Crippen LogP contribution is -2.33. The number of nitrogens with zero attached hydrogens (tertiary/aromatic N) is 1. The number of likely N-dealkylation sites (tertiary alicyclic amines) is 1. The first-order valence-corrected chi connectivity index (χ1v) is 8.43. The van der Waals surface area contributed by atoms with Gasteiger partial charge in [0.15, 0.2) is 6.61 Å². The molecule has 1 heterocycles. The Hall–Kier alpha value is -2.08. The predicted molar refractivity (Wildman–Crippen MR) is 90.8 cm³/mol. The monoisotopic (exact) mass is 334 g/mol. The number of hydrogen-bond donors (Lipinski definition) is 1. The van der Waals surface area contributed by atoms with Gasteiger partial charge in [-0.25, -0.2) is 0 Å². The van der Waals surface area contributed by atoms with E-state index in [9.17, 15) is 9.59 Å². The number of nitrogens with one attached hydrogen (secondary N) is 1. The molecular weight excluding hydrogens is 308 g/mol. The van der Waals surface area contributed by atoms with Crippen LogP contribution in [0.2, 0.25) is 0 Å². The van der Waals surface area contributed by atoms with Crippen LogP contribution in [0.3, 0.4) is 0 Å². The van der Waals surface area contributed by atoms with Crippen LogP contribution in [0.4, 0.5) is 0 Å². The van der Waals surface area contributed by atoms with Crippen molar-refractivity contribution in [1.82, 2.24) is 10.2 Å². The summed E-state index contributed by atoms with van der Waals surface area (Å²) in [6.45, 7) is 3.67. The second-order valence-electron chi connectivity index (χ2n) is 5.88. The molecule has 1 aromatic carbocycles. The molecule has 0 aliphatic carbocycles. The highest BCUT2D eigenvalue weighted by Crippen LogP contribution is 2.27. The van der Waals surface area contributed by atoms with Gasteiger partial charge in [0.1, 0.15) is 12.4 Å². The molecule has 1 saturated heterocycles. The second-order valence-corrected chi connectivity index (χ2v) is 5.88. The van der Waals surface area contributed by atoms with Gasteiger partial charge in [-0.2, -0.15) is 0 Å². The summed E-state index contributed by atoms with van der Waals surface area (Å²) in [5.74, 6) is 0.473. The minimum Gasteiger partial charge on any atom is -0.483 e. The van der Waals surface area contributed by atoms with E-state index in [1.54, 1.807) is 0 Å². The zero-order valence-electron chi connectivity index (χ0n) is 14.4. The minimum atomic E-state index is -0.175. The topological polar surface area (TPSA) is 67.9 Å². The Balaban J connectivity index is 2.02. The standard InChI is InChI=1S/C18H26N2O4/c1-3-15(19-17(21)12-23-2)14-8-4-5-9-16(14)24-13-18(22)20-10-6-7-11-20/h4-5,8-9,15H,3,6-7,10-13H2,1-2H3,(H,19,21). The van der Waals surface area contributed by atoms with Crippen molar-refractivity contribution in [3.63, 3.8) is 0 Å². The number of carbonyl (C=O) groups is 2. The molecule has 0 saturated carbocycles. The Labute approximate surface area is 143 Å². The van der Waals surface area contributed by atoms with Gasteiger partial charge in [-0.05, 0) is 25.3 Å². The first-order valence-electron chi connectivity index (χ1n) is 8.43. The minimum absolute atomic E-state index is 0.0128. The van der Waals surface area contributed by atoms with Crippen LogP contribution in [0.1, 0.15) is 37.8 Å². The summed E-state index contributed by atoms with van der Waals surface area (Å²) < 4.78 is 10.6. The second kappa shape index (κ2) is 9.27. The van der Waals surface area contributed by atoms with Crippen LogP contribution in [0, 0.1) is 0 Å². The Morgan fingerprint density at radius 1 is 1.21 bits per heavy atom. The molecule has 1 N–H and O–H groups in total. The zero-order chi connectivity index (χ0) is 17.4. The van der Waals surface area contributed by atoms with E-state index in [1.165, 1.54) is 7.11 Å². The van der Waals surface area contributed by atoms with Crippen LogP contribution in [0.25, 0.3) is 0 Å². The molecule has 2 amide bonds. The Morgan fingerprint density at radius 3 is 2.58 bits per heavy atom. The third kappa shape index (κ3) is 4.96. The van der Waals surface area contributed by atoms with E-state index in [0.29, 0.717) is 5.75 Å². The zero-order valence-corrected chi connectivity index (χ0v) is 14.4. The molecule has 0 aromatic heterocycles. The van der Waals surface area contributed by atoms with Gasteiger partial charge < -0.3 is 19.7 Å². The molecule has 0 bridgehead atoms. The summed E-state index contributed by atoms with van der Waals surface area (Å²) in [4.78, 5) is 25.8. The first-order chi connectivity index (χ1) is 11.7. The number of para-hydroxylation sites is 1. The molecule has 132 valence electrons. The van der Waals surface area contributed by atoms with Gasteiger partial charge in [-0.1, -0.05) is 25.1 Å². The lowest BCUT2D eigenvalue weighted by molar-refractivity contribution is -0.132. The lowest BCUT2D eigenvalue weighted by atomic mass is 10.0. The Morgan fingerprint density at radius 2 is 1.92 bits per heavy atom. The van der Waals surface area contributed by atoms with Gasteiger partial charge in [-0.3, -0.25) is 9.59 Å². The molecule has 1 aliphatic rings. The van der Waals surface area contributed by atoms with E-state index < -0.39 is 0 Å². The van der Waals surface area contributed by atoms with Gasteiger partial charge in [0.05, 0.1) is 6.04 Å². The van der Waals surface area contributed by atoms with Crippen molar-refractivity contribution in [2.75, 3.05) is 33.4 Å². The van der Waals surface area contributed by atoms with E-state index >= 15 is 0 Å². The van der Waals surface area contributed by atoms with E-state index in [4.69, 9.17) is 9.47 Å². The molecule has 1 atom stereocenters. The van der Waals surface area contributed by atoms with Crippen LogP contribution < -0.4 is 10.1 Å². The fourth-order valence-electron chi connectivity index (χ4n) is 2.86. The van der Waals surface area contributed by atoms with Gasteiger partial charge in [0.2, 0.25) is 5.91 Å². The van der Waals surface area contributed by atoms with Gasteiger partial charge in [0.25, 0.3) is 5.91 Å². The van der Waals surface area contributed by atoms with Crippen molar-refractivity contribution < 1.29 is 19.1 Å². The average Bonchev–Trinajstić information content (AvgIpc) is 3.13. The molecule has 6 heteroatoms. The maximum atomic E-state index is 12.1. The number of ether oxygens (including phenoxy) is 2. The van der Waals surface area contributed by atoms with E-state index in [1.807, 2.05) is 36.1 Å². The van der Waals surface area contributed by atoms with Gasteiger partial charge in [-0.15, -0.1) is 0 Å². The maximum absolute atomic E-state index is 12.1. The summed E-state index contributed by atoms with van der Waals surface area (Å²) in [5.41, 5.74) is 0.874. The number of rotatable bonds is 8. The Bertz CT molecular complexity index is 556.